The third kappa shape index (κ3) is 2.42. The molecule has 0 spiro atoms. The van der Waals surface area contributed by atoms with E-state index < -0.39 is 12.0 Å². The van der Waals surface area contributed by atoms with Gasteiger partial charge in [-0.2, -0.15) is 0 Å². The number of carboxylic acid groups (broad SMARTS) is 1. The van der Waals surface area contributed by atoms with Crippen molar-refractivity contribution in [1.29, 1.82) is 0 Å². The fourth-order valence-electron chi connectivity index (χ4n) is 1.88. The molecule has 1 aromatic carbocycles. The van der Waals surface area contributed by atoms with Crippen molar-refractivity contribution in [1.82, 2.24) is 4.98 Å². The van der Waals surface area contributed by atoms with Gasteiger partial charge in [0.2, 0.25) is 0 Å². The second-order valence-electron chi connectivity index (χ2n) is 4.08. The van der Waals surface area contributed by atoms with E-state index >= 15 is 0 Å². The summed E-state index contributed by atoms with van der Waals surface area (Å²) in [5.41, 5.74) is 7.63. The number of pyridine rings is 1. The van der Waals surface area contributed by atoms with E-state index in [0.29, 0.717) is 0 Å². The lowest BCUT2D eigenvalue weighted by Gasteiger charge is -2.10. The number of aromatic nitrogens is 1. The minimum atomic E-state index is -0.886. The Morgan fingerprint density at radius 2 is 2.24 bits per heavy atom. The predicted molar refractivity (Wildman–Crippen MR) is 65.7 cm³/mol. The maximum Gasteiger partial charge on any atom is 0.305 e. The van der Waals surface area contributed by atoms with Gasteiger partial charge in [0.05, 0.1) is 6.42 Å². The number of nitrogens with two attached hydrogens (primary N) is 1. The van der Waals surface area contributed by atoms with Gasteiger partial charge in [-0.15, -0.1) is 0 Å². The molecule has 17 heavy (non-hydrogen) atoms. The zero-order valence-electron chi connectivity index (χ0n) is 9.55. The molecule has 0 radical (unpaired) electrons. The molecule has 3 N–H and O–H groups in total. The van der Waals surface area contributed by atoms with Gasteiger partial charge in [0.25, 0.3) is 0 Å². The van der Waals surface area contributed by atoms with Crippen LogP contribution in [0.1, 0.15) is 23.7 Å². The molecule has 1 heterocycles. The van der Waals surface area contributed by atoms with E-state index in [4.69, 9.17) is 10.8 Å². The van der Waals surface area contributed by atoms with Crippen LogP contribution in [0.4, 0.5) is 0 Å². The minimum Gasteiger partial charge on any atom is -0.481 e. The number of hydrogen-bond acceptors (Lipinski definition) is 3. The first kappa shape index (κ1) is 11.5. The second-order valence-corrected chi connectivity index (χ2v) is 4.08. The smallest absolute Gasteiger partial charge is 0.305 e. The van der Waals surface area contributed by atoms with Crippen LogP contribution in [0, 0.1) is 6.92 Å². The number of nitrogens with zero attached hydrogens (tertiary/aromatic N) is 1. The van der Waals surface area contributed by atoms with E-state index in [1.54, 1.807) is 6.20 Å². The molecule has 88 valence electrons. The Hall–Kier alpha value is -1.94. The Kier molecular flexibility index (Phi) is 3.06. The molecule has 1 atom stereocenters. The lowest BCUT2D eigenvalue weighted by Crippen LogP contribution is -2.14. The van der Waals surface area contributed by atoms with Crippen LogP contribution < -0.4 is 5.73 Å². The summed E-state index contributed by atoms with van der Waals surface area (Å²) in [5, 5.41) is 10.8. The largest absolute Gasteiger partial charge is 0.481 e. The molecular weight excluding hydrogens is 216 g/mol. The lowest BCUT2D eigenvalue weighted by atomic mass is 10.0. The van der Waals surface area contributed by atoms with Crippen LogP contribution in [0.3, 0.4) is 0 Å². The molecule has 2 rings (SSSR count). The quantitative estimate of drug-likeness (QED) is 0.845. The molecule has 0 saturated heterocycles. The molecule has 0 amide bonds. The monoisotopic (exact) mass is 230 g/mol. The first-order chi connectivity index (χ1) is 8.08. The van der Waals surface area contributed by atoms with E-state index in [2.05, 4.69) is 4.98 Å². The Morgan fingerprint density at radius 1 is 1.47 bits per heavy atom. The molecular formula is C13H14N2O2. The molecule has 2 aromatic rings. The summed E-state index contributed by atoms with van der Waals surface area (Å²) in [4.78, 5) is 14.8. The van der Waals surface area contributed by atoms with E-state index in [-0.39, 0.29) is 6.42 Å². The average Bonchev–Trinajstić information content (AvgIpc) is 2.28. The number of carbonyl (C=O) groups is 1. The highest BCUT2D eigenvalue weighted by Gasteiger charge is 2.11. The summed E-state index contributed by atoms with van der Waals surface area (Å²) >= 11 is 0. The highest BCUT2D eigenvalue weighted by atomic mass is 16.4. The van der Waals surface area contributed by atoms with Crippen LogP contribution in [0.5, 0.6) is 0 Å². The zero-order chi connectivity index (χ0) is 12.4. The zero-order valence-corrected chi connectivity index (χ0v) is 9.55. The summed E-state index contributed by atoms with van der Waals surface area (Å²) in [6.07, 6.45) is 1.68. The first-order valence-electron chi connectivity index (χ1n) is 5.40. The fraction of sp³-hybridized carbons (Fsp3) is 0.231. The van der Waals surface area contributed by atoms with Crippen molar-refractivity contribution in [2.24, 2.45) is 5.73 Å². The highest BCUT2D eigenvalue weighted by molar-refractivity contribution is 5.85. The molecule has 4 nitrogen and oxygen atoms in total. The maximum absolute atomic E-state index is 10.6. The number of aliphatic carboxylic acids is 1. The fourth-order valence-corrected chi connectivity index (χ4v) is 1.88. The summed E-state index contributed by atoms with van der Waals surface area (Å²) in [6.45, 7) is 1.94. The Bertz CT molecular complexity index is 566. The van der Waals surface area contributed by atoms with Crippen LogP contribution in [-0.4, -0.2) is 16.1 Å². The third-order valence-corrected chi connectivity index (χ3v) is 2.81. The van der Waals surface area contributed by atoms with E-state index in [9.17, 15) is 4.79 Å². The highest BCUT2D eigenvalue weighted by Crippen LogP contribution is 2.22. The summed E-state index contributed by atoms with van der Waals surface area (Å²) in [7, 11) is 0. The van der Waals surface area contributed by atoms with Gasteiger partial charge in [0.1, 0.15) is 0 Å². The minimum absolute atomic E-state index is 0.0599. The Balaban J connectivity index is 2.41. The van der Waals surface area contributed by atoms with Gasteiger partial charge < -0.3 is 10.8 Å². The van der Waals surface area contributed by atoms with Gasteiger partial charge in [-0.25, -0.2) is 0 Å². The number of aryl methyl sites for hydroxylation is 1. The van der Waals surface area contributed by atoms with Crippen LogP contribution in [0.15, 0.2) is 30.5 Å². The Labute approximate surface area is 99.1 Å². The van der Waals surface area contributed by atoms with Crippen molar-refractivity contribution >= 4 is 16.7 Å². The van der Waals surface area contributed by atoms with Crippen LogP contribution in [0.25, 0.3) is 10.8 Å². The maximum atomic E-state index is 10.6. The summed E-state index contributed by atoms with van der Waals surface area (Å²) in [5.74, 6) is -0.886. The SMILES string of the molecule is Cc1nccc2cc(C(N)CC(=O)O)ccc12. The van der Waals surface area contributed by atoms with Gasteiger partial charge in [-0.05, 0) is 30.0 Å². The van der Waals surface area contributed by atoms with Crippen molar-refractivity contribution in [3.05, 3.63) is 41.7 Å². The van der Waals surface area contributed by atoms with Crippen molar-refractivity contribution in [3.63, 3.8) is 0 Å². The molecule has 1 aromatic heterocycles. The van der Waals surface area contributed by atoms with E-state index in [0.717, 1.165) is 22.0 Å². The molecule has 1 unspecified atom stereocenters. The topological polar surface area (TPSA) is 76.2 Å². The van der Waals surface area contributed by atoms with Crippen LogP contribution >= 0.6 is 0 Å². The molecule has 0 aliphatic heterocycles. The molecule has 0 saturated carbocycles. The molecule has 0 fully saturated rings. The van der Waals surface area contributed by atoms with Gasteiger partial charge in [-0.3, -0.25) is 9.78 Å². The van der Waals surface area contributed by atoms with Crippen LogP contribution in [0.2, 0.25) is 0 Å². The normalized spacial score (nSPS) is 12.6. The molecule has 0 bridgehead atoms. The summed E-state index contributed by atoms with van der Waals surface area (Å²) in [6, 6.07) is 7.17. The molecule has 0 aliphatic rings. The van der Waals surface area contributed by atoms with E-state index in [1.807, 2.05) is 31.2 Å². The lowest BCUT2D eigenvalue weighted by molar-refractivity contribution is -0.137. The van der Waals surface area contributed by atoms with Gasteiger partial charge in [0, 0.05) is 23.3 Å². The van der Waals surface area contributed by atoms with Crippen molar-refractivity contribution in [2.75, 3.05) is 0 Å². The van der Waals surface area contributed by atoms with Crippen molar-refractivity contribution < 1.29 is 9.90 Å². The van der Waals surface area contributed by atoms with Gasteiger partial charge >= 0.3 is 5.97 Å². The average molecular weight is 230 g/mol. The van der Waals surface area contributed by atoms with Crippen LogP contribution in [-0.2, 0) is 4.79 Å². The number of benzene rings is 1. The molecule has 0 aliphatic carbocycles. The van der Waals surface area contributed by atoms with Crippen molar-refractivity contribution in [3.8, 4) is 0 Å². The van der Waals surface area contributed by atoms with Gasteiger partial charge in [0.15, 0.2) is 0 Å². The summed E-state index contributed by atoms with van der Waals surface area (Å²) < 4.78 is 0. The van der Waals surface area contributed by atoms with E-state index in [1.165, 1.54) is 0 Å². The number of hydrogen-bond donors (Lipinski definition) is 2. The standard InChI is InChI=1S/C13H14N2O2/c1-8-11-3-2-10(12(14)7-13(16)17)6-9(11)4-5-15-8/h2-6,12H,7,14H2,1H3,(H,16,17). The number of rotatable bonds is 3. The predicted octanol–water partition coefficient (Wildman–Crippen LogP) is 2.02. The first-order valence-corrected chi connectivity index (χ1v) is 5.40. The van der Waals surface area contributed by atoms with Crippen molar-refractivity contribution in [2.45, 2.75) is 19.4 Å². The Morgan fingerprint density at radius 3 is 2.94 bits per heavy atom. The second kappa shape index (κ2) is 4.51. The van der Waals surface area contributed by atoms with Gasteiger partial charge in [-0.1, -0.05) is 12.1 Å². The number of carboxylic acids is 1. The third-order valence-electron chi connectivity index (χ3n) is 2.81. The molecule has 4 heteroatoms. The number of fused-ring (bicyclic) bond motifs is 1.